The third kappa shape index (κ3) is 6.15. The number of amides is 1. The lowest BCUT2D eigenvalue weighted by molar-refractivity contribution is -0.121. The van der Waals surface area contributed by atoms with Crippen LogP contribution in [0.15, 0.2) is 0 Å². The zero-order valence-corrected chi connectivity index (χ0v) is 10.7. The van der Waals surface area contributed by atoms with E-state index < -0.39 is 0 Å². The molecule has 0 aromatic rings. The standard InChI is InChI=1S/C11H20BrNO2/c12-7-2-1-5-11(14)13-8-6-10-4-3-9-15-10/h10H,1-9H2,(H,13,14). The van der Waals surface area contributed by atoms with Crippen LogP contribution in [0.4, 0.5) is 0 Å². The number of ether oxygens (including phenoxy) is 1. The van der Waals surface area contributed by atoms with Gasteiger partial charge in [0.1, 0.15) is 0 Å². The molecule has 1 rings (SSSR count). The molecule has 1 fully saturated rings. The van der Waals surface area contributed by atoms with Crippen molar-refractivity contribution in [3.8, 4) is 0 Å². The van der Waals surface area contributed by atoms with Crippen molar-refractivity contribution in [1.82, 2.24) is 5.32 Å². The maximum atomic E-state index is 11.3. The molecule has 0 radical (unpaired) electrons. The van der Waals surface area contributed by atoms with Crippen LogP contribution < -0.4 is 5.32 Å². The fourth-order valence-corrected chi connectivity index (χ4v) is 2.11. The van der Waals surface area contributed by atoms with E-state index in [4.69, 9.17) is 4.74 Å². The highest BCUT2D eigenvalue weighted by atomic mass is 79.9. The van der Waals surface area contributed by atoms with Crippen molar-refractivity contribution in [2.45, 2.75) is 44.6 Å². The van der Waals surface area contributed by atoms with Gasteiger partial charge < -0.3 is 10.1 Å². The molecule has 0 aliphatic carbocycles. The number of hydrogen-bond donors (Lipinski definition) is 1. The lowest BCUT2D eigenvalue weighted by atomic mass is 10.2. The molecule has 1 atom stereocenters. The Morgan fingerprint density at radius 2 is 2.33 bits per heavy atom. The van der Waals surface area contributed by atoms with Crippen molar-refractivity contribution in [2.24, 2.45) is 0 Å². The quantitative estimate of drug-likeness (QED) is 0.573. The van der Waals surface area contributed by atoms with Crippen LogP contribution in [-0.4, -0.2) is 30.5 Å². The van der Waals surface area contributed by atoms with E-state index in [1.54, 1.807) is 0 Å². The number of carbonyl (C=O) groups excluding carboxylic acids is 1. The first-order valence-corrected chi connectivity index (χ1v) is 6.89. The second-order valence-corrected chi connectivity index (χ2v) is 4.71. The van der Waals surface area contributed by atoms with Crippen LogP contribution in [0.1, 0.15) is 38.5 Å². The first kappa shape index (κ1) is 13.0. The van der Waals surface area contributed by atoms with Crippen LogP contribution in [0, 0.1) is 0 Å². The van der Waals surface area contributed by atoms with E-state index in [0.717, 1.165) is 44.2 Å². The molecule has 1 N–H and O–H groups in total. The molecule has 4 heteroatoms. The third-order valence-electron chi connectivity index (χ3n) is 2.60. The summed E-state index contributed by atoms with van der Waals surface area (Å²) in [7, 11) is 0. The molecule has 3 nitrogen and oxygen atoms in total. The summed E-state index contributed by atoms with van der Waals surface area (Å²) >= 11 is 3.35. The molecule has 15 heavy (non-hydrogen) atoms. The first-order valence-electron chi connectivity index (χ1n) is 5.77. The minimum Gasteiger partial charge on any atom is -0.378 e. The number of carbonyl (C=O) groups is 1. The van der Waals surface area contributed by atoms with Gasteiger partial charge >= 0.3 is 0 Å². The minimum absolute atomic E-state index is 0.175. The van der Waals surface area contributed by atoms with Gasteiger partial charge in [0, 0.05) is 24.9 Å². The second-order valence-electron chi connectivity index (χ2n) is 3.92. The van der Waals surface area contributed by atoms with Crippen molar-refractivity contribution in [2.75, 3.05) is 18.5 Å². The fraction of sp³-hybridized carbons (Fsp3) is 0.909. The normalized spacial score (nSPS) is 20.5. The molecular weight excluding hydrogens is 258 g/mol. The summed E-state index contributed by atoms with van der Waals surface area (Å²) in [5.41, 5.74) is 0. The Balaban J connectivity index is 1.91. The second kappa shape index (κ2) is 8.11. The molecule has 0 aromatic carbocycles. The first-order chi connectivity index (χ1) is 7.33. The average Bonchev–Trinajstić information content (AvgIpc) is 2.71. The smallest absolute Gasteiger partial charge is 0.219 e. The van der Waals surface area contributed by atoms with E-state index in [0.29, 0.717) is 12.5 Å². The van der Waals surface area contributed by atoms with E-state index in [1.165, 1.54) is 6.42 Å². The van der Waals surface area contributed by atoms with Crippen LogP contribution >= 0.6 is 15.9 Å². The molecule has 0 spiro atoms. The summed E-state index contributed by atoms with van der Waals surface area (Å²) in [6, 6.07) is 0. The van der Waals surface area contributed by atoms with E-state index in [2.05, 4.69) is 21.2 Å². The van der Waals surface area contributed by atoms with E-state index in [-0.39, 0.29) is 5.91 Å². The minimum atomic E-state index is 0.175. The number of halogens is 1. The summed E-state index contributed by atoms with van der Waals surface area (Å²) in [6.07, 6.45) is 6.36. The van der Waals surface area contributed by atoms with Crippen LogP contribution in [0.5, 0.6) is 0 Å². The molecule has 1 aliphatic rings. The van der Waals surface area contributed by atoms with Gasteiger partial charge in [-0.25, -0.2) is 0 Å². The van der Waals surface area contributed by atoms with Gasteiger partial charge in [0.15, 0.2) is 0 Å². The predicted molar refractivity (Wildman–Crippen MR) is 64.2 cm³/mol. The molecule has 0 saturated carbocycles. The van der Waals surface area contributed by atoms with Gasteiger partial charge in [0.05, 0.1) is 6.10 Å². The van der Waals surface area contributed by atoms with Crippen molar-refractivity contribution in [3.05, 3.63) is 0 Å². The lowest BCUT2D eigenvalue weighted by Crippen LogP contribution is -2.26. The average molecular weight is 278 g/mol. The van der Waals surface area contributed by atoms with Gasteiger partial charge in [0.2, 0.25) is 5.91 Å². The maximum Gasteiger partial charge on any atom is 0.219 e. The molecule has 1 heterocycles. The predicted octanol–water partition coefficient (Wildman–Crippen LogP) is 2.24. The fourth-order valence-electron chi connectivity index (χ4n) is 1.71. The Morgan fingerprint density at radius 1 is 1.47 bits per heavy atom. The SMILES string of the molecule is O=C(CCCCBr)NCCC1CCCO1. The highest BCUT2D eigenvalue weighted by molar-refractivity contribution is 9.09. The highest BCUT2D eigenvalue weighted by Crippen LogP contribution is 2.14. The van der Waals surface area contributed by atoms with Gasteiger partial charge in [0.25, 0.3) is 0 Å². The van der Waals surface area contributed by atoms with Gasteiger partial charge in [-0.1, -0.05) is 15.9 Å². The monoisotopic (exact) mass is 277 g/mol. The van der Waals surface area contributed by atoms with Crippen molar-refractivity contribution >= 4 is 21.8 Å². The van der Waals surface area contributed by atoms with Crippen LogP contribution in [0.25, 0.3) is 0 Å². The van der Waals surface area contributed by atoms with Crippen molar-refractivity contribution in [1.29, 1.82) is 0 Å². The van der Waals surface area contributed by atoms with E-state index >= 15 is 0 Å². The molecule has 0 bridgehead atoms. The molecule has 0 aromatic heterocycles. The van der Waals surface area contributed by atoms with E-state index in [1.807, 2.05) is 0 Å². The van der Waals surface area contributed by atoms with Gasteiger partial charge in [-0.2, -0.15) is 0 Å². The molecule has 1 amide bonds. The lowest BCUT2D eigenvalue weighted by Gasteiger charge is -2.09. The summed E-state index contributed by atoms with van der Waals surface area (Å²) < 4.78 is 5.48. The number of rotatable bonds is 7. The number of alkyl halides is 1. The summed E-state index contributed by atoms with van der Waals surface area (Å²) in [5, 5.41) is 3.92. The Labute approximate surface area is 100 Å². The maximum absolute atomic E-state index is 11.3. The molecule has 1 saturated heterocycles. The Hall–Kier alpha value is -0.0900. The Kier molecular flexibility index (Phi) is 7.01. The largest absolute Gasteiger partial charge is 0.378 e. The third-order valence-corrected chi connectivity index (χ3v) is 3.16. The van der Waals surface area contributed by atoms with Gasteiger partial charge in [-0.05, 0) is 32.1 Å². The van der Waals surface area contributed by atoms with Crippen molar-refractivity contribution in [3.63, 3.8) is 0 Å². The van der Waals surface area contributed by atoms with E-state index in [9.17, 15) is 4.79 Å². The van der Waals surface area contributed by atoms with Crippen LogP contribution in [0.2, 0.25) is 0 Å². The Morgan fingerprint density at radius 3 is 3.00 bits per heavy atom. The number of nitrogens with one attached hydrogen (secondary N) is 1. The van der Waals surface area contributed by atoms with Gasteiger partial charge in [-0.15, -0.1) is 0 Å². The molecule has 1 unspecified atom stereocenters. The van der Waals surface area contributed by atoms with Crippen molar-refractivity contribution < 1.29 is 9.53 Å². The summed E-state index contributed by atoms with van der Waals surface area (Å²) in [4.78, 5) is 11.3. The van der Waals surface area contributed by atoms with Crippen LogP contribution in [0.3, 0.4) is 0 Å². The molecule has 88 valence electrons. The molecular formula is C11H20BrNO2. The topological polar surface area (TPSA) is 38.3 Å². The number of unbranched alkanes of at least 4 members (excludes halogenated alkanes) is 1. The summed E-state index contributed by atoms with van der Waals surface area (Å²) in [5.74, 6) is 0.175. The Bertz CT molecular complexity index is 181. The van der Waals surface area contributed by atoms with Crippen LogP contribution in [-0.2, 0) is 9.53 Å². The number of hydrogen-bond acceptors (Lipinski definition) is 2. The van der Waals surface area contributed by atoms with Gasteiger partial charge in [-0.3, -0.25) is 4.79 Å². The zero-order chi connectivity index (χ0) is 10.9. The zero-order valence-electron chi connectivity index (χ0n) is 9.14. The molecule has 1 aliphatic heterocycles. The summed E-state index contributed by atoms with van der Waals surface area (Å²) in [6.45, 7) is 1.65. The highest BCUT2D eigenvalue weighted by Gasteiger charge is 2.14.